The minimum atomic E-state index is -0.673. The third kappa shape index (κ3) is 6.27. The lowest BCUT2D eigenvalue weighted by Gasteiger charge is -2.36. The molecular formula is C47H42O4. The van der Waals surface area contributed by atoms with E-state index in [0.29, 0.717) is 24.0 Å². The van der Waals surface area contributed by atoms with E-state index in [-0.39, 0.29) is 0 Å². The summed E-state index contributed by atoms with van der Waals surface area (Å²) in [5.41, 5.74) is 9.02. The number of fused-ring (bicyclic) bond motifs is 5. The highest BCUT2D eigenvalue weighted by Crippen LogP contribution is 2.59. The lowest BCUT2D eigenvalue weighted by atomic mass is 9.70. The summed E-state index contributed by atoms with van der Waals surface area (Å²) in [6.45, 7) is 14.8. The molecule has 0 aliphatic heterocycles. The molecule has 2 unspecified atom stereocenters. The number of carbonyl (C=O) groups excluding carboxylic acids is 2. The summed E-state index contributed by atoms with van der Waals surface area (Å²) in [6.07, 6.45) is 0.0171. The van der Waals surface area contributed by atoms with Crippen LogP contribution in [0.3, 0.4) is 0 Å². The second kappa shape index (κ2) is 13.5. The van der Waals surface area contributed by atoms with Gasteiger partial charge in [-0.15, -0.1) is 0 Å². The lowest BCUT2D eigenvalue weighted by molar-refractivity contribution is -0.144. The Morgan fingerprint density at radius 1 is 0.549 bits per heavy atom. The van der Waals surface area contributed by atoms with E-state index in [1.165, 1.54) is 21.5 Å². The van der Waals surface area contributed by atoms with E-state index in [1.54, 1.807) is 13.8 Å². The van der Waals surface area contributed by atoms with Crippen molar-refractivity contribution in [2.75, 3.05) is 0 Å². The topological polar surface area (TPSA) is 52.6 Å². The van der Waals surface area contributed by atoms with Crippen LogP contribution in [0.25, 0.3) is 54.9 Å². The van der Waals surface area contributed by atoms with Crippen LogP contribution in [-0.4, -0.2) is 24.1 Å². The minimum Gasteiger partial charge on any atom is -0.459 e. The molecule has 0 saturated heterocycles. The monoisotopic (exact) mass is 670 g/mol. The highest BCUT2D eigenvalue weighted by Gasteiger charge is 2.47. The van der Waals surface area contributed by atoms with E-state index in [9.17, 15) is 9.59 Å². The molecule has 0 spiro atoms. The normalized spacial score (nSPS) is 14.0. The molecule has 1 aliphatic carbocycles. The summed E-state index contributed by atoms with van der Waals surface area (Å²) in [7, 11) is 0. The van der Waals surface area contributed by atoms with Crippen molar-refractivity contribution in [2.45, 2.75) is 58.2 Å². The number of hydrogen-bond donors (Lipinski definition) is 0. The average molecular weight is 671 g/mol. The summed E-state index contributed by atoms with van der Waals surface area (Å²) in [5.74, 6) is -0.847. The third-order valence-corrected chi connectivity index (χ3v) is 10.1. The largest absolute Gasteiger partial charge is 0.459 e. The van der Waals surface area contributed by atoms with Crippen molar-refractivity contribution in [3.8, 4) is 33.4 Å². The second-order valence-electron chi connectivity index (χ2n) is 14.1. The molecule has 0 N–H and O–H groups in total. The number of hydrogen-bond acceptors (Lipinski definition) is 4. The van der Waals surface area contributed by atoms with Crippen molar-refractivity contribution in [3.63, 3.8) is 0 Å². The second-order valence-corrected chi connectivity index (χ2v) is 14.1. The van der Waals surface area contributed by atoms with Crippen LogP contribution < -0.4 is 0 Å². The first-order chi connectivity index (χ1) is 24.6. The first-order valence-corrected chi connectivity index (χ1v) is 17.5. The molecule has 0 radical (unpaired) electrons. The summed E-state index contributed by atoms with van der Waals surface area (Å²) >= 11 is 0. The highest BCUT2D eigenvalue weighted by atomic mass is 16.5. The van der Waals surface area contributed by atoms with Crippen molar-refractivity contribution in [3.05, 3.63) is 157 Å². The van der Waals surface area contributed by atoms with Gasteiger partial charge in [-0.2, -0.15) is 0 Å². The molecule has 0 amide bonds. The maximum absolute atomic E-state index is 12.9. The highest BCUT2D eigenvalue weighted by molar-refractivity contribution is 6.02. The average Bonchev–Trinajstić information content (AvgIpc) is 3.39. The van der Waals surface area contributed by atoms with Gasteiger partial charge < -0.3 is 9.47 Å². The predicted octanol–water partition coefficient (Wildman–Crippen LogP) is 11.4. The molecule has 1 aliphatic rings. The Morgan fingerprint density at radius 3 is 1.33 bits per heavy atom. The van der Waals surface area contributed by atoms with Crippen molar-refractivity contribution >= 4 is 33.5 Å². The molecule has 2 atom stereocenters. The van der Waals surface area contributed by atoms with Gasteiger partial charge in [-0.3, -0.25) is 0 Å². The molecule has 51 heavy (non-hydrogen) atoms. The van der Waals surface area contributed by atoms with Crippen LogP contribution in [0.4, 0.5) is 0 Å². The molecule has 4 nitrogen and oxygen atoms in total. The first kappa shape index (κ1) is 33.7. The van der Waals surface area contributed by atoms with E-state index >= 15 is 0 Å². The van der Waals surface area contributed by atoms with E-state index in [1.807, 2.05) is 13.8 Å². The van der Waals surface area contributed by atoms with Crippen molar-refractivity contribution in [2.24, 2.45) is 0 Å². The molecule has 6 aromatic carbocycles. The Hall–Kier alpha value is -5.74. The standard InChI is InChI=1S/C47H42O4/c1-29(2)45(48)50-31(5)27-47(28-32(6)51-46(49)30(3)4)41-19-11-17-39(37-23-21-33-13-7-9-15-35(33)25-37)43(41)44-40(18-12-20-42(44)47)38-24-22-34-14-8-10-16-36(34)26-38/h7-26,31-32H,1,3,27-28H2,2,4-6H3. The van der Waals surface area contributed by atoms with Gasteiger partial charge >= 0.3 is 11.9 Å². The SMILES string of the molecule is C=C(C)C(=O)OC(C)CC1(CC(C)OC(=O)C(=C)C)c2cccc(-c3ccc4ccccc4c3)c2-c2c(-c3ccc4ccccc4c3)cccc21. The van der Waals surface area contributed by atoms with E-state index in [2.05, 4.69) is 134 Å². The summed E-state index contributed by atoms with van der Waals surface area (Å²) in [6, 6.07) is 43.2. The van der Waals surface area contributed by atoms with Crippen LogP contribution in [0.15, 0.2) is 146 Å². The number of esters is 2. The van der Waals surface area contributed by atoms with Crippen LogP contribution >= 0.6 is 0 Å². The van der Waals surface area contributed by atoms with Gasteiger partial charge in [0.1, 0.15) is 12.2 Å². The molecule has 0 heterocycles. The molecular weight excluding hydrogens is 629 g/mol. The van der Waals surface area contributed by atoms with Gasteiger partial charge in [-0.05, 0) is 119 Å². The van der Waals surface area contributed by atoms with Crippen molar-refractivity contribution in [1.29, 1.82) is 0 Å². The maximum Gasteiger partial charge on any atom is 0.333 e. The molecule has 0 saturated carbocycles. The van der Waals surface area contributed by atoms with Gasteiger partial charge in [0.15, 0.2) is 0 Å². The van der Waals surface area contributed by atoms with Crippen molar-refractivity contribution in [1.82, 2.24) is 0 Å². The number of carbonyl (C=O) groups is 2. The van der Waals surface area contributed by atoms with Crippen LogP contribution in [0, 0.1) is 0 Å². The first-order valence-electron chi connectivity index (χ1n) is 17.5. The van der Waals surface area contributed by atoms with Gasteiger partial charge in [0.2, 0.25) is 0 Å². The summed E-state index contributed by atoms with van der Waals surface area (Å²) in [4.78, 5) is 25.7. The lowest BCUT2D eigenvalue weighted by Crippen LogP contribution is -2.36. The molecule has 0 aromatic heterocycles. The van der Waals surface area contributed by atoms with E-state index in [0.717, 1.165) is 44.5 Å². The number of ether oxygens (including phenoxy) is 2. The molecule has 4 heteroatoms. The Morgan fingerprint density at radius 2 is 0.941 bits per heavy atom. The molecule has 6 aromatic rings. The Bertz CT molecular complexity index is 2200. The fraction of sp³-hybridized carbons (Fsp3) is 0.191. The van der Waals surface area contributed by atoms with Gasteiger partial charge in [0.05, 0.1) is 0 Å². The van der Waals surface area contributed by atoms with Gasteiger partial charge in [-0.25, -0.2) is 9.59 Å². The van der Waals surface area contributed by atoms with Gasteiger partial charge in [0, 0.05) is 16.6 Å². The van der Waals surface area contributed by atoms with Crippen LogP contribution in [-0.2, 0) is 24.5 Å². The number of rotatable bonds is 10. The predicted molar refractivity (Wildman–Crippen MR) is 209 cm³/mol. The Labute approximate surface area is 300 Å². The van der Waals surface area contributed by atoms with E-state index in [4.69, 9.17) is 9.47 Å². The molecule has 0 bridgehead atoms. The molecule has 0 fully saturated rings. The Balaban J connectivity index is 1.51. The smallest absolute Gasteiger partial charge is 0.333 e. The fourth-order valence-electron chi connectivity index (χ4n) is 7.94. The minimum absolute atomic E-state index is 0.351. The van der Waals surface area contributed by atoms with Gasteiger partial charge in [0.25, 0.3) is 0 Å². The fourth-order valence-corrected chi connectivity index (χ4v) is 7.94. The molecule has 7 rings (SSSR count). The molecule has 254 valence electrons. The van der Waals surface area contributed by atoms with Gasteiger partial charge in [-0.1, -0.05) is 122 Å². The summed E-state index contributed by atoms with van der Waals surface area (Å²) in [5, 5.41) is 4.70. The third-order valence-electron chi connectivity index (χ3n) is 10.1. The van der Waals surface area contributed by atoms with E-state index < -0.39 is 29.6 Å². The zero-order valence-electron chi connectivity index (χ0n) is 29.7. The quantitative estimate of drug-likeness (QED) is 0.108. The zero-order chi connectivity index (χ0) is 35.9. The summed E-state index contributed by atoms with van der Waals surface area (Å²) < 4.78 is 12.0. The van der Waals surface area contributed by atoms with Crippen LogP contribution in [0.2, 0.25) is 0 Å². The number of benzene rings is 6. The van der Waals surface area contributed by atoms with Crippen LogP contribution in [0.1, 0.15) is 51.7 Å². The maximum atomic E-state index is 12.9. The van der Waals surface area contributed by atoms with Crippen LogP contribution in [0.5, 0.6) is 0 Å². The zero-order valence-corrected chi connectivity index (χ0v) is 29.7. The Kier molecular flexibility index (Phi) is 8.95. The van der Waals surface area contributed by atoms with Crippen molar-refractivity contribution < 1.29 is 19.1 Å².